The molecule has 2 aromatic heterocycles. The van der Waals surface area contributed by atoms with Crippen LogP contribution < -0.4 is 10.6 Å². The second-order valence-electron chi connectivity index (χ2n) is 6.58. The molecule has 2 heterocycles. The SMILES string of the molecule is CC(=O)CNC(=O)c1cc(C)cc(Br)c1NC(=O)c1cc(Br)nn1-c1ncccc1Cl. The number of halogens is 3. The standard InChI is InChI=1S/C20H16Br2ClN5O3/c1-10-6-12(19(30)25-9-11(2)29)17(13(21)7-10)26-20(31)15-8-16(22)27-28(15)18-14(23)4-3-5-24-18/h3-8H,9H2,1-2H3,(H,25,30)(H,26,31). The minimum Gasteiger partial charge on any atom is -0.345 e. The number of amides is 2. The number of carbonyl (C=O) groups is 3. The minimum absolute atomic E-state index is 0.115. The Labute approximate surface area is 199 Å². The van der Waals surface area contributed by atoms with Crippen molar-refractivity contribution in [2.24, 2.45) is 0 Å². The Morgan fingerprint density at radius 2 is 1.90 bits per heavy atom. The summed E-state index contributed by atoms with van der Waals surface area (Å²) in [5, 5.41) is 9.85. The van der Waals surface area contributed by atoms with E-state index in [4.69, 9.17) is 11.6 Å². The summed E-state index contributed by atoms with van der Waals surface area (Å²) < 4.78 is 2.22. The lowest BCUT2D eigenvalue weighted by Gasteiger charge is -2.15. The third-order valence-electron chi connectivity index (χ3n) is 4.07. The number of rotatable bonds is 6. The summed E-state index contributed by atoms with van der Waals surface area (Å²) in [6.07, 6.45) is 1.53. The van der Waals surface area contributed by atoms with E-state index in [9.17, 15) is 14.4 Å². The molecule has 0 atom stereocenters. The number of aromatic nitrogens is 3. The number of carbonyl (C=O) groups excluding carboxylic acids is 3. The normalized spacial score (nSPS) is 10.6. The minimum atomic E-state index is -0.537. The number of benzene rings is 1. The number of nitrogens with one attached hydrogen (secondary N) is 2. The molecule has 0 spiro atoms. The number of hydrogen-bond acceptors (Lipinski definition) is 5. The number of aryl methyl sites for hydroxylation is 1. The van der Waals surface area contributed by atoms with Gasteiger partial charge >= 0.3 is 0 Å². The second kappa shape index (κ2) is 9.71. The predicted octanol–water partition coefficient (Wildman–Crippen LogP) is 4.33. The van der Waals surface area contributed by atoms with Crippen LogP contribution in [0.15, 0.2) is 45.6 Å². The third-order valence-corrected chi connectivity index (χ3v) is 5.38. The number of nitrogens with zero attached hydrogens (tertiary/aromatic N) is 3. The molecule has 0 fully saturated rings. The highest BCUT2D eigenvalue weighted by atomic mass is 79.9. The molecule has 3 rings (SSSR count). The molecule has 1 aromatic carbocycles. The Kier molecular flexibility index (Phi) is 7.24. The van der Waals surface area contributed by atoms with Gasteiger partial charge in [-0.05, 0) is 75.5 Å². The molecule has 0 saturated carbocycles. The molecular weight excluding hydrogens is 554 g/mol. The quantitative estimate of drug-likeness (QED) is 0.460. The molecule has 0 unspecified atom stereocenters. The van der Waals surface area contributed by atoms with Gasteiger partial charge in [-0.2, -0.15) is 5.10 Å². The molecule has 0 saturated heterocycles. The van der Waals surface area contributed by atoms with Crippen LogP contribution in [0.5, 0.6) is 0 Å². The van der Waals surface area contributed by atoms with Crippen LogP contribution in [0.25, 0.3) is 5.82 Å². The van der Waals surface area contributed by atoms with Gasteiger partial charge in [0.2, 0.25) is 0 Å². The summed E-state index contributed by atoms with van der Waals surface area (Å²) in [6, 6.07) is 8.20. The summed E-state index contributed by atoms with van der Waals surface area (Å²) in [5.41, 5.74) is 1.41. The fourth-order valence-corrected chi connectivity index (χ4v) is 3.99. The third kappa shape index (κ3) is 5.38. The number of hydrogen-bond donors (Lipinski definition) is 2. The van der Waals surface area contributed by atoms with Crippen molar-refractivity contribution in [3.05, 3.63) is 67.4 Å². The maximum Gasteiger partial charge on any atom is 0.274 e. The predicted molar refractivity (Wildman–Crippen MR) is 124 cm³/mol. The smallest absolute Gasteiger partial charge is 0.274 e. The molecule has 3 aromatic rings. The highest BCUT2D eigenvalue weighted by molar-refractivity contribution is 9.10. The summed E-state index contributed by atoms with van der Waals surface area (Å²) in [6.45, 7) is 3.07. The zero-order valence-electron chi connectivity index (χ0n) is 16.4. The molecule has 11 heteroatoms. The van der Waals surface area contributed by atoms with Crippen LogP contribution in [0.3, 0.4) is 0 Å². The van der Waals surface area contributed by atoms with E-state index in [1.165, 1.54) is 23.9 Å². The van der Waals surface area contributed by atoms with E-state index in [1.807, 2.05) is 6.92 Å². The lowest BCUT2D eigenvalue weighted by Crippen LogP contribution is -2.29. The van der Waals surface area contributed by atoms with E-state index in [0.717, 1.165) is 5.56 Å². The van der Waals surface area contributed by atoms with Crippen LogP contribution in [0, 0.1) is 6.92 Å². The van der Waals surface area contributed by atoms with Crippen molar-refractivity contribution < 1.29 is 14.4 Å². The first-order chi connectivity index (χ1) is 14.7. The van der Waals surface area contributed by atoms with Crippen LogP contribution in [-0.4, -0.2) is 38.9 Å². The number of anilines is 1. The summed E-state index contributed by atoms with van der Waals surface area (Å²) in [7, 11) is 0. The van der Waals surface area contributed by atoms with Gasteiger partial charge in [0.25, 0.3) is 11.8 Å². The molecule has 2 amide bonds. The molecule has 0 bridgehead atoms. The van der Waals surface area contributed by atoms with Gasteiger partial charge in [-0.3, -0.25) is 14.4 Å². The average molecular weight is 570 g/mol. The van der Waals surface area contributed by atoms with E-state index < -0.39 is 11.8 Å². The van der Waals surface area contributed by atoms with E-state index in [-0.39, 0.29) is 35.1 Å². The molecular formula is C20H16Br2ClN5O3. The second-order valence-corrected chi connectivity index (χ2v) is 8.66. The Balaban J connectivity index is 1.99. The molecule has 8 nitrogen and oxygen atoms in total. The Hall–Kier alpha value is -2.56. The monoisotopic (exact) mass is 567 g/mol. The van der Waals surface area contributed by atoms with Gasteiger partial charge in [-0.25, -0.2) is 9.67 Å². The first-order valence-corrected chi connectivity index (χ1v) is 10.9. The first kappa shape index (κ1) is 23.1. The van der Waals surface area contributed by atoms with Crippen molar-refractivity contribution in [2.75, 3.05) is 11.9 Å². The Morgan fingerprint density at radius 3 is 2.58 bits per heavy atom. The van der Waals surface area contributed by atoms with E-state index in [0.29, 0.717) is 14.1 Å². The van der Waals surface area contributed by atoms with Gasteiger partial charge in [0, 0.05) is 16.7 Å². The molecule has 0 radical (unpaired) electrons. The lowest BCUT2D eigenvalue weighted by atomic mass is 10.1. The van der Waals surface area contributed by atoms with Gasteiger partial charge in [-0.15, -0.1) is 0 Å². The van der Waals surface area contributed by atoms with Crippen molar-refractivity contribution in [3.63, 3.8) is 0 Å². The highest BCUT2D eigenvalue weighted by Gasteiger charge is 2.22. The van der Waals surface area contributed by atoms with Crippen LogP contribution in [-0.2, 0) is 4.79 Å². The lowest BCUT2D eigenvalue weighted by molar-refractivity contribution is -0.116. The number of pyridine rings is 1. The fraction of sp³-hybridized carbons (Fsp3) is 0.150. The zero-order chi connectivity index (χ0) is 22.7. The zero-order valence-corrected chi connectivity index (χ0v) is 20.3. The highest BCUT2D eigenvalue weighted by Crippen LogP contribution is 2.30. The molecule has 2 N–H and O–H groups in total. The van der Waals surface area contributed by atoms with Gasteiger partial charge in [0.1, 0.15) is 16.1 Å². The number of ketones is 1. The van der Waals surface area contributed by atoms with Crippen LogP contribution >= 0.6 is 43.5 Å². The van der Waals surface area contributed by atoms with Gasteiger partial charge in [0.05, 0.1) is 22.8 Å². The van der Waals surface area contributed by atoms with Crippen molar-refractivity contribution >= 4 is 66.7 Å². The van der Waals surface area contributed by atoms with E-state index in [2.05, 4.69) is 52.6 Å². The maximum absolute atomic E-state index is 13.1. The number of Topliss-reactive ketones (excluding diaryl/α,β-unsaturated/α-hetero) is 1. The molecule has 0 aliphatic carbocycles. The van der Waals surface area contributed by atoms with E-state index >= 15 is 0 Å². The van der Waals surface area contributed by atoms with Gasteiger partial charge in [0.15, 0.2) is 5.82 Å². The van der Waals surface area contributed by atoms with Crippen LogP contribution in [0.4, 0.5) is 5.69 Å². The topological polar surface area (TPSA) is 106 Å². The van der Waals surface area contributed by atoms with Crippen molar-refractivity contribution in [1.82, 2.24) is 20.1 Å². The molecule has 160 valence electrons. The maximum atomic E-state index is 13.1. The molecule has 0 aliphatic heterocycles. The van der Waals surface area contributed by atoms with E-state index in [1.54, 1.807) is 24.3 Å². The van der Waals surface area contributed by atoms with Crippen molar-refractivity contribution in [3.8, 4) is 5.82 Å². The van der Waals surface area contributed by atoms with Crippen molar-refractivity contribution in [1.29, 1.82) is 0 Å². The largest absolute Gasteiger partial charge is 0.345 e. The van der Waals surface area contributed by atoms with Gasteiger partial charge < -0.3 is 10.6 Å². The Morgan fingerprint density at radius 1 is 1.16 bits per heavy atom. The van der Waals surface area contributed by atoms with Crippen molar-refractivity contribution in [2.45, 2.75) is 13.8 Å². The van der Waals surface area contributed by atoms with Crippen LogP contribution in [0.1, 0.15) is 33.3 Å². The first-order valence-electron chi connectivity index (χ1n) is 8.93. The summed E-state index contributed by atoms with van der Waals surface area (Å²) in [5.74, 6) is -0.934. The molecule has 0 aliphatic rings. The summed E-state index contributed by atoms with van der Waals surface area (Å²) >= 11 is 12.9. The van der Waals surface area contributed by atoms with Gasteiger partial charge in [-0.1, -0.05) is 11.6 Å². The fourth-order valence-electron chi connectivity index (χ4n) is 2.73. The summed E-state index contributed by atoms with van der Waals surface area (Å²) in [4.78, 5) is 41.2. The van der Waals surface area contributed by atoms with Crippen LogP contribution in [0.2, 0.25) is 5.02 Å². The average Bonchev–Trinajstić information content (AvgIpc) is 3.09. The Bertz CT molecular complexity index is 1200. The molecule has 31 heavy (non-hydrogen) atoms.